The Bertz CT molecular complexity index is 611. The maximum atomic E-state index is 11.1. The van der Waals surface area contributed by atoms with E-state index >= 15 is 0 Å². The monoisotopic (exact) mass is 273 g/mol. The molecule has 0 bridgehead atoms. The molecule has 98 valence electrons. The maximum Gasteiger partial charge on any atom is 0.335 e. The van der Waals surface area contributed by atoms with Crippen LogP contribution in [0.5, 0.6) is 0 Å². The number of benzene rings is 2. The minimum absolute atomic E-state index is 0.358. The lowest BCUT2D eigenvalue weighted by atomic mass is 10.1. The molecule has 0 atom stereocenters. The van der Waals surface area contributed by atoms with Crippen LogP contribution in [0, 0.1) is 6.92 Å². The Morgan fingerprint density at radius 3 is 2.74 bits per heavy atom. The van der Waals surface area contributed by atoms with E-state index in [-0.39, 0.29) is 0 Å². The number of hydrogen-bond acceptors (Lipinski definition) is 3. The summed E-state index contributed by atoms with van der Waals surface area (Å²) in [5.74, 6) is -0.271. The number of thioether (sulfide) groups is 1. The molecule has 0 aliphatic carbocycles. The van der Waals surface area contributed by atoms with Gasteiger partial charge in [0.2, 0.25) is 0 Å². The zero-order chi connectivity index (χ0) is 13.8. The normalized spacial score (nSPS) is 10.4. The van der Waals surface area contributed by atoms with Gasteiger partial charge in [-0.1, -0.05) is 24.3 Å². The number of aromatic carboxylic acids is 1. The van der Waals surface area contributed by atoms with Crippen LogP contribution < -0.4 is 5.73 Å². The minimum atomic E-state index is -0.888. The first kappa shape index (κ1) is 13.5. The third-order valence-corrected chi connectivity index (χ3v) is 4.05. The molecule has 3 N–H and O–H groups in total. The summed E-state index contributed by atoms with van der Waals surface area (Å²) >= 11 is 1.60. The minimum Gasteiger partial charge on any atom is -0.478 e. The van der Waals surface area contributed by atoms with Crippen molar-refractivity contribution >= 4 is 23.4 Å². The molecule has 0 saturated heterocycles. The standard InChI is InChI=1S/C15H15NO2S/c1-10-6-7-12(16)8-14(10)19-9-11-4-2-3-5-13(11)15(17)18/h2-8H,9,16H2,1H3,(H,17,18). The quantitative estimate of drug-likeness (QED) is 0.660. The van der Waals surface area contributed by atoms with Gasteiger partial charge in [-0.2, -0.15) is 0 Å². The van der Waals surface area contributed by atoms with Crippen LogP contribution in [0.2, 0.25) is 0 Å². The van der Waals surface area contributed by atoms with E-state index in [1.807, 2.05) is 37.3 Å². The second-order valence-electron chi connectivity index (χ2n) is 4.28. The van der Waals surface area contributed by atoms with Gasteiger partial charge in [0.05, 0.1) is 5.56 Å². The van der Waals surface area contributed by atoms with Crippen LogP contribution in [-0.2, 0) is 5.75 Å². The van der Waals surface area contributed by atoms with Crippen molar-refractivity contribution in [1.29, 1.82) is 0 Å². The van der Waals surface area contributed by atoms with E-state index in [4.69, 9.17) is 10.8 Å². The van der Waals surface area contributed by atoms with Gasteiger partial charge in [-0.3, -0.25) is 0 Å². The summed E-state index contributed by atoms with van der Waals surface area (Å²) in [5, 5.41) is 9.13. The summed E-state index contributed by atoms with van der Waals surface area (Å²) in [6, 6.07) is 12.8. The molecule has 0 spiro atoms. The van der Waals surface area contributed by atoms with E-state index in [9.17, 15) is 4.79 Å². The molecule has 0 saturated carbocycles. The Labute approximate surface area is 116 Å². The second-order valence-corrected chi connectivity index (χ2v) is 5.29. The number of nitrogen functional groups attached to an aromatic ring is 1. The van der Waals surface area contributed by atoms with E-state index < -0.39 is 5.97 Å². The first-order valence-electron chi connectivity index (χ1n) is 5.88. The van der Waals surface area contributed by atoms with E-state index in [1.54, 1.807) is 23.9 Å². The molecule has 3 nitrogen and oxygen atoms in total. The van der Waals surface area contributed by atoms with E-state index in [2.05, 4.69) is 0 Å². The van der Waals surface area contributed by atoms with Crippen LogP contribution in [-0.4, -0.2) is 11.1 Å². The Morgan fingerprint density at radius 1 is 1.26 bits per heavy atom. The van der Waals surface area contributed by atoms with Crippen molar-refractivity contribution in [2.45, 2.75) is 17.6 Å². The van der Waals surface area contributed by atoms with Crippen molar-refractivity contribution in [3.63, 3.8) is 0 Å². The Morgan fingerprint density at radius 2 is 2.00 bits per heavy atom. The summed E-state index contributed by atoms with van der Waals surface area (Å²) in [5.41, 5.74) is 8.81. The molecule has 19 heavy (non-hydrogen) atoms. The van der Waals surface area contributed by atoms with Crippen LogP contribution in [0.4, 0.5) is 5.69 Å². The van der Waals surface area contributed by atoms with Gasteiger partial charge in [-0.25, -0.2) is 4.79 Å². The maximum absolute atomic E-state index is 11.1. The highest BCUT2D eigenvalue weighted by Crippen LogP contribution is 2.28. The molecule has 0 unspecified atom stereocenters. The van der Waals surface area contributed by atoms with Gasteiger partial charge in [0.15, 0.2) is 0 Å². The molecular weight excluding hydrogens is 258 g/mol. The Hall–Kier alpha value is -1.94. The number of rotatable bonds is 4. The third-order valence-electron chi connectivity index (χ3n) is 2.84. The van der Waals surface area contributed by atoms with Crippen LogP contribution in [0.1, 0.15) is 21.5 Å². The van der Waals surface area contributed by atoms with Crippen LogP contribution >= 0.6 is 11.8 Å². The van der Waals surface area contributed by atoms with E-state index in [1.165, 1.54) is 0 Å². The lowest BCUT2D eigenvalue weighted by molar-refractivity contribution is 0.0696. The number of aryl methyl sites for hydroxylation is 1. The molecular formula is C15H15NO2S. The fourth-order valence-electron chi connectivity index (χ4n) is 1.78. The van der Waals surface area contributed by atoms with Crippen molar-refractivity contribution in [3.05, 3.63) is 59.2 Å². The predicted molar refractivity (Wildman–Crippen MR) is 78.6 cm³/mol. The molecule has 0 amide bonds. The zero-order valence-corrected chi connectivity index (χ0v) is 11.4. The van der Waals surface area contributed by atoms with Gasteiger partial charge in [0.1, 0.15) is 0 Å². The van der Waals surface area contributed by atoms with Crippen LogP contribution in [0.25, 0.3) is 0 Å². The summed E-state index contributed by atoms with van der Waals surface area (Å²) in [4.78, 5) is 12.2. The smallest absolute Gasteiger partial charge is 0.335 e. The number of carboxylic acid groups (broad SMARTS) is 1. The first-order chi connectivity index (χ1) is 9.08. The van der Waals surface area contributed by atoms with Gasteiger partial charge in [0.25, 0.3) is 0 Å². The Balaban J connectivity index is 2.19. The van der Waals surface area contributed by atoms with Crippen LogP contribution in [0.3, 0.4) is 0 Å². The summed E-state index contributed by atoms with van der Waals surface area (Å²) < 4.78 is 0. The van der Waals surface area contributed by atoms with E-state index in [0.717, 1.165) is 21.7 Å². The van der Waals surface area contributed by atoms with Gasteiger partial charge >= 0.3 is 5.97 Å². The van der Waals surface area contributed by atoms with Crippen molar-refractivity contribution < 1.29 is 9.90 Å². The largest absolute Gasteiger partial charge is 0.478 e. The first-order valence-corrected chi connectivity index (χ1v) is 6.86. The number of carbonyl (C=O) groups is 1. The topological polar surface area (TPSA) is 63.3 Å². The molecule has 4 heteroatoms. The average molecular weight is 273 g/mol. The summed E-state index contributed by atoms with van der Waals surface area (Å²) in [7, 11) is 0. The van der Waals surface area contributed by atoms with Crippen molar-refractivity contribution in [3.8, 4) is 0 Å². The Kier molecular flexibility index (Phi) is 4.12. The van der Waals surface area contributed by atoms with Crippen LogP contribution in [0.15, 0.2) is 47.4 Å². The molecule has 0 fully saturated rings. The highest BCUT2D eigenvalue weighted by Gasteiger charge is 2.09. The summed E-state index contributed by atoms with van der Waals surface area (Å²) in [6.07, 6.45) is 0. The summed E-state index contributed by atoms with van der Waals surface area (Å²) in [6.45, 7) is 2.02. The van der Waals surface area contributed by atoms with Gasteiger partial charge in [0, 0.05) is 16.3 Å². The SMILES string of the molecule is Cc1ccc(N)cc1SCc1ccccc1C(=O)O. The molecule has 0 aromatic heterocycles. The van der Waals surface area contributed by atoms with E-state index in [0.29, 0.717) is 11.3 Å². The highest BCUT2D eigenvalue weighted by molar-refractivity contribution is 7.98. The molecule has 2 aromatic carbocycles. The van der Waals surface area contributed by atoms with Crippen molar-refractivity contribution in [2.24, 2.45) is 0 Å². The molecule has 0 radical (unpaired) electrons. The molecule has 0 aliphatic heterocycles. The fourth-order valence-corrected chi connectivity index (χ4v) is 2.86. The lowest BCUT2D eigenvalue weighted by Gasteiger charge is -2.08. The van der Waals surface area contributed by atoms with Gasteiger partial charge in [-0.05, 0) is 36.2 Å². The van der Waals surface area contributed by atoms with Gasteiger partial charge < -0.3 is 10.8 Å². The molecule has 0 aliphatic rings. The molecule has 2 rings (SSSR count). The second kappa shape index (κ2) is 5.80. The molecule has 2 aromatic rings. The van der Waals surface area contributed by atoms with Crippen molar-refractivity contribution in [1.82, 2.24) is 0 Å². The number of nitrogens with two attached hydrogens (primary N) is 1. The van der Waals surface area contributed by atoms with Gasteiger partial charge in [-0.15, -0.1) is 11.8 Å². The number of anilines is 1. The third kappa shape index (κ3) is 3.29. The number of hydrogen-bond donors (Lipinski definition) is 2. The zero-order valence-electron chi connectivity index (χ0n) is 10.6. The fraction of sp³-hybridized carbons (Fsp3) is 0.133. The van der Waals surface area contributed by atoms with Crippen molar-refractivity contribution in [2.75, 3.05) is 5.73 Å². The predicted octanol–water partition coefficient (Wildman–Crippen LogP) is 3.57. The lowest BCUT2D eigenvalue weighted by Crippen LogP contribution is -2.01. The highest BCUT2D eigenvalue weighted by atomic mass is 32.2. The average Bonchev–Trinajstić information content (AvgIpc) is 2.40. The molecule has 0 heterocycles. The number of carboxylic acids is 1.